The molecule has 3 N–H and O–H groups in total. The molecular weight excluding hydrogens is 492 g/mol. The minimum absolute atomic E-state index is 0.0462. The number of rotatable bonds is 5. The van der Waals surface area contributed by atoms with Crippen molar-refractivity contribution in [2.24, 2.45) is 0 Å². The summed E-state index contributed by atoms with van der Waals surface area (Å²) in [5.41, 5.74) is 5.93. The smallest absolute Gasteiger partial charge is 0.254 e. The Bertz CT molecular complexity index is 1480. The Morgan fingerprint density at radius 3 is 2.86 bits per heavy atom. The largest absolute Gasteiger partial charge is 0.495 e. The van der Waals surface area contributed by atoms with Crippen molar-refractivity contribution in [1.29, 1.82) is 0 Å². The number of halogens is 1. The van der Waals surface area contributed by atoms with Crippen molar-refractivity contribution in [2.75, 3.05) is 50.6 Å². The number of aromatic nitrogens is 3. The van der Waals surface area contributed by atoms with Crippen LogP contribution in [0, 0.1) is 0 Å². The van der Waals surface area contributed by atoms with Gasteiger partial charge >= 0.3 is 0 Å². The zero-order valence-corrected chi connectivity index (χ0v) is 21.2. The van der Waals surface area contributed by atoms with Gasteiger partial charge < -0.3 is 30.0 Å². The van der Waals surface area contributed by atoms with Gasteiger partial charge in [-0.15, -0.1) is 0 Å². The summed E-state index contributed by atoms with van der Waals surface area (Å²) >= 11 is 6.53. The highest BCUT2D eigenvalue weighted by atomic mass is 35.5. The van der Waals surface area contributed by atoms with Crippen molar-refractivity contribution < 1.29 is 14.3 Å². The Morgan fingerprint density at radius 2 is 2.03 bits per heavy atom. The van der Waals surface area contributed by atoms with Crippen LogP contribution in [0.5, 0.6) is 5.75 Å². The molecule has 4 aromatic rings. The van der Waals surface area contributed by atoms with E-state index in [-0.39, 0.29) is 5.91 Å². The van der Waals surface area contributed by atoms with E-state index in [0.717, 1.165) is 41.7 Å². The second kappa shape index (κ2) is 9.91. The third kappa shape index (κ3) is 4.56. The van der Waals surface area contributed by atoms with Gasteiger partial charge in [0.25, 0.3) is 5.91 Å². The Balaban J connectivity index is 1.35. The minimum Gasteiger partial charge on any atom is -0.495 e. The first-order valence-corrected chi connectivity index (χ1v) is 12.7. The van der Waals surface area contributed by atoms with Gasteiger partial charge in [0.1, 0.15) is 11.4 Å². The molecular formula is C27H27ClN6O3. The van der Waals surface area contributed by atoms with Gasteiger partial charge in [0, 0.05) is 42.6 Å². The average Bonchev–Trinajstić information content (AvgIpc) is 3.33. The van der Waals surface area contributed by atoms with Crippen LogP contribution in [-0.2, 0) is 11.2 Å². The van der Waals surface area contributed by atoms with E-state index in [1.54, 1.807) is 30.3 Å². The summed E-state index contributed by atoms with van der Waals surface area (Å²) in [5, 5.41) is 8.08. The lowest BCUT2D eigenvalue weighted by Gasteiger charge is -2.27. The van der Waals surface area contributed by atoms with Gasteiger partial charge in [-0.25, -0.2) is 4.98 Å². The molecule has 2 aliphatic heterocycles. The highest BCUT2D eigenvalue weighted by Gasteiger charge is 2.21. The minimum atomic E-state index is -0.0462. The predicted molar refractivity (Wildman–Crippen MR) is 144 cm³/mol. The molecule has 0 atom stereocenters. The number of H-pyrrole nitrogens is 1. The number of aryl methyl sites for hydroxylation is 1. The molecule has 1 saturated heterocycles. The van der Waals surface area contributed by atoms with E-state index >= 15 is 0 Å². The Morgan fingerprint density at radius 1 is 1.16 bits per heavy atom. The lowest BCUT2D eigenvalue weighted by molar-refractivity contribution is 0.0302. The summed E-state index contributed by atoms with van der Waals surface area (Å²) in [6, 6.07) is 11.7. The molecule has 6 rings (SSSR count). The number of anilines is 3. The summed E-state index contributed by atoms with van der Waals surface area (Å²) in [6.45, 7) is 3.21. The maximum absolute atomic E-state index is 12.9. The number of nitrogens with one attached hydrogen (secondary N) is 3. The van der Waals surface area contributed by atoms with Crippen LogP contribution in [0.25, 0.3) is 22.3 Å². The second-order valence-corrected chi connectivity index (χ2v) is 9.51. The first-order valence-electron chi connectivity index (χ1n) is 12.3. The quantitative estimate of drug-likeness (QED) is 0.346. The van der Waals surface area contributed by atoms with Crippen LogP contribution in [-0.4, -0.2) is 65.7 Å². The normalized spacial score (nSPS) is 15.2. The van der Waals surface area contributed by atoms with Gasteiger partial charge in [-0.2, -0.15) is 4.98 Å². The second-order valence-electron chi connectivity index (χ2n) is 9.10. The fraction of sp³-hybridized carbons (Fsp3) is 0.296. The molecule has 2 aromatic carbocycles. The number of aromatic amines is 1. The number of nitrogens with zero attached hydrogens (tertiary/aromatic N) is 3. The average molecular weight is 519 g/mol. The zero-order valence-electron chi connectivity index (χ0n) is 20.4. The van der Waals surface area contributed by atoms with Gasteiger partial charge in [0.2, 0.25) is 5.95 Å². The molecule has 37 heavy (non-hydrogen) atoms. The number of hydrogen-bond acceptors (Lipinski definition) is 7. The third-order valence-electron chi connectivity index (χ3n) is 6.80. The number of benzene rings is 2. The van der Waals surface area contributed by atoms with Crippen molar-refractivity contribution >= 4 is 45.9 Å². The molecule has 0 saturated carbocycles. The van der Waals surface area contributed by atoms with Gasteiger partial charge in [-0.3, -0.25) is 4.79 Å². The third-order valence-corrected chi connectivity index (χ3v) is 7.10. The van der Waals surface area contributed by atoms with Gasteiger partial charge in [0.05, 0.1) is 42.1 Å². The van der Waals surface area contributed by atoms with Crippen molar-refractivity contribution in [3.8, 4) is 17.0 Å². The molecule has 0 spiro atoms. The lowest BCUT2D eigenvalue weighted by Crippen LogP contribution is -2.40. The topological polar surface area (TPSA) is 104 Å². The van der Waals surface area contributed by atoms with E-state index in [0.29, 0.717) is 59.9 Å². The van der Waals surface area contributed by atoms with Gasteiger partial charge in [-0.05, 0) is 42.7 Å². The number of carbonyl (C=O) groups is 1. The van der Waals surface area contributed by atoms with E-state index < -0.39 is 0 Å². The van der Waals surface area contributed by atoms with Crippen molar-refractivity contribution in [1.82, 2.24) is 19.9 Å². The molecule has 0 radical (unpaired) electrons. The van der Waals surface area contributed by atoms with Crippen LogP contribution in [0.4, 0.5) is 17.3 Å². The van der Waals surface area contributed by atoms with Crippen molar-refractivity contribution in [3.63, 3.8) is 0 Å². The molecule has 10 heteroatoms. The molecule has 1 amide bonds. The molecule has 4 heterocycles. The molecule has 190 valence electrons. The molecule has 0 aliphatic carbocycles. The fourth-order valence-electron chi connectivity index (χ4n) is 4.87. The molecule has 2 aliphatic rings. The van der Waals surface area contributed by atoms with E-state index in [1.807, 2.05) is 6.07 Å². The SMILES string of the molecule is COc1cc(C(=O)N2CCOCC2)ccc1Nc1nc(-c2ccc3c(c2)NCCC3)c2c(Cl)c[nH]c2n1. The zero-order chi connectivity index (χ0) is 25.4. The molecule has 1 fully saturated rings. The van der Waals surface area contributed by atoms with Crippen molar-refractivity contribution in [2.45, 2.75) is 12.8 Å². The predicted octanol–water partition coefficient (Wildman–Crippen LogP) is 4.86. The maximum atomic E-state index is 12.9. The maximum Gasteiger partial charge on any atom is 0.254 e. The Hall–Kier alpha value is -3.82. The van der Waals surface area contributed by atoms with Crippen LogP contribution in [0.1, 0.15) is 22.3 Å². The molecule has 0 unspecified atom stereocenters. The summed E-state index contributed by atoms with van der Waals surface area (Å²) < 4.78 is 11.0. The van der Waals surface area contributed by atoms with Gasteiger partial charge in [0.15, 0.2) is 0 Å². The standard InChI is InChI=1S/C27H27ClN6O3/c1-36-22-14-18(26(35)34-9-11-37-12-10-34)6-7-20(22)31-27-32-24(23-19(28)15-30-25(23)33-27)17-5-4-16-3-2-8-29-21(16)13-17/h4-7,13-15,29H,2-3,8-12H2,1H3,(H2,30,31,32,33). The number of amides is 1. The Kier molecular flexibility index (Phi) is 6.31. The number of carbonyl (C=O) groups excluding carboxylic acids is 1. The van der Waals surface area contributed by atoms with Crippen LogP contribution in [0.3, 0.4) is 0 Å². The van der Waals surface area contributed by atoms with Crippen LogP contribution in [0.15, 0.2) is 42.6 Å². The Labute approximate surface area is 219 Å². The van der Waals surface area contributed by atoms with Gasteiger partial charge in [-0.1, -0.05) is 23.7 Å². The van der Waals surface area contributed by atoms with Crippen LogP contribution < -0.4 is 15.4 Å². The molecule has 9 nitrogen and oxygen atoms in total. The lowest BCUT2D eigenvalue weighted by atomic mass is 9.99. The highest BCUT2D eigenvalue weighted by molar-refractivity contribution is 6.36. The van der Waals surface area contributed by atoms with Crippen LogP contribution in [0.2, 0.25) is 5.02 Å². The van der Waals surface area contributed by atoms with E-state index in [9.17, 15) is 4.79 Å². The molecule has 2 aromatic heterocycles. The molecule has 0 bridgehead atoms. The number of ether oxygens (including phenoxy) is 2. The first kappa shape index (κ1) is 23.6. The summed E-state index contributed by atoms with van der Waals surface area (Å²) in [7, 11) is 1.57. The number of hydrogen-bond donors (Lipinski definition) is 3. The monoisotopic (exact) mass is 518 g/mol. The number of fused-ring (bicyclic) bond motifs is 2. The highest BCUT2D eigenvalue weighted by Crippen LogP contribution is 2.36. The van der Waals surface area contributed by atoms with E-state index in [2.05, 4.69) is 38.8 Å². The fourth-order valence-corrected chi connectivity index (χ4v) is 5.10. The number of methoxy groups -OCH3 is 1. The summed E-state index contributed by atoms with van der Waals surface area (Å²) in [6.07, 6.45) is 3.90. The summed E-state index contributed by atoms with van der Waals surface area (Å²) in [5.74, 6) is 0.860. The van der Waals surface area contributed by atoms with Crippen LogP contribution >= 0.6 is 11.6 Å². The van der Waals surface area contributed by atoms with E-state index in [4.69, 9.17) is 26.1 Å². The van der Waals surface area contributed by atoms with Crippen molar-refractivity contribution in [3.05, 3.63) is 58.7 Å². The number of morpholine rings is 1. The first-order chi connectivity index (χ1) is 18.1. The summed E-state index contributed by atoms with van der Waals surface area (Å²) in [4.78, 5) is 27.4. The van der Waals surface area contributed by atoms with E-state index in [1.165, 1.54) is 5.56 Å².